The van der Waals surface area contributed by atoms with Crippen molar-refractivity contribution >= 4 is 11.8 Å². The van der Waals surface area contributed by atoms with Gasteiger partial charge in [-0.05, 0) is 26.0 Å². The number of Topliss-reactive ketones (excluding diaryl/α,β-unsaturated/α-hetero) is 1. The van der Waals surface area contributed by atoms with Crippen molar-refractivity contribution in [2.24, 2.45) is 0 Å². The number of aromatic nitrogens is 1. The van der Waals surface area contributed by atoms with Crippen LogP contribution in [0, 0.1) is 13.8 Å². The first-order valence-corrected chi connectivity index (χ1v) is 8.34. The van der Waals surface area contributed by atoms with Crippen molar-refractivity contribution in [2.75, 3.05) is 0 Å². The number of hydrogen-bond acceptors (Lipinski definition) is 4. The SMILES string of the molecule is Cc1ccc(C(=O)C(OC(=O)c2ccccn2)c2ccc(C)cc2)cc1. The topological polar surface area (TPSA) is 56.3 Å². The lowest BCUT2D eigenvalue weighted by atomic mass is 9.98. The van der Waals surface area contributed by atoms with Crippen LogP contribution in [0.2, 0.25) is 0 Å². The zero-order valence-electron chi connectivity index (χ0n) is 14.7. The second-order valence-electron chi connectivity index (χ2n) is 6.14. The van der Waals surface area contributed by atoms with E-state index in [2.05, 4.69) is 4.98 Å². The Kier molecular flexibility index (Phi) is 5.23. The molecule has 1 heterocycles. The molecule has 0 bridgehead atoms. The summed E-state index contributed by atoms with van der Waals surface area (Å²) in [5.74, 6) is -0.894. The zero-order valence-corrected chi connectivity index (χ0v) is 14.7. The number of carbonyl (C=O) groups excluding carboxylic acids is 2. The molecule has 0 aliphatic rings. The third-order valence-corrected chi connectivity index (χ3v) is 4.05. The molecule has 1 atom stereocenters. The van der Waals surface area contributed by atoms with E-state index in [-0.39, 0.29) is 11.5 Å². The number of carbonyl (C=O) groups is 2. The molecule has 0 aliphatic carbocycles. The number of aryl methyl sites for hydroxylation is 2. The van der Waals surface area contributed by atoms with Gasteiger partial charge >= 0.3 is 5.97 Å². The summed E-state index contributed by atoms with van der Waals surface area (Å²) in [4.78, 5) is 29.5. The summed E-state index contributed by atoms with van der Waals surface area (Å²) in [5, 5.41) is 0. The molecule has 130 valence electrons. The van der Waals surface area contributed by atoms with Gasteiger partial charge in [-0.25, -0.2) is 9.78 Å². The summed E-state index contributed by atoms with van der Waals surface area (Å²) in [5.41, 5.74) is 3.41. The molecule has 0 aliphatic heterocycles. The summed E-state index contributed by atoms with van der Waals surface area (Å²) in [7, 11) is 0. The molecule has 3 rings (SSSR count). The molecule has 0 radical (unpaired) electrons. The van der Waals surface area contributed by atoms with Gasteiger partial charge in [0.25, 0.3) is 0 Å². The predicted molar refractivity (Wildman–Crippen MR) is 99.1 cm³/mol. The van der Waals surface area contributed by atoms with E-state index >= 15 is 0 Å². The summed E-state index contributed by atoms with van der Waals surface area (Å²) in [6.07, 6.45) is 0.493. The van der Waals surface area contributed by atoms with E-state index < -0.39 is 12.1 Å². The average Bonchev–Trinajstić information content (AvgIpc) is 2.67. The number of pyridine rings is 1. The molecule has 0 spiro atoms. The van der Waals surface area contributed by atoms with E-state index in [0.29, 0.717) is 11.1 Å². The molecule has 4 nitrogen and oxygen atoms in total. The number of hydrogen-bond donors (Lipinski definition) is 0. The lowest BCUT2D eigenvalue weighted by molar-refractivity contribution is 0.0274. The largest absolute Gasteiger partial charge is 0.444 e. The van der Waals surface area contributed by atoms with Crippen molar-refractivity contribution in [3.63, 3.8) is 0 Å². The van der Waals surface area contributed by atoms with Crippen molar-refractivity contribution in [1.82, 2.24) is 4.98 Å². The fourth-order valence-electron chi connectivity index (χ4n) is 2.53. The first kappa shape index (κ1) is 17.5. The summed E-state index contributed by atoms with van der Waals surface area (Å²) in [6, 6.07) is 19.6. The van der Waals surface area contributed by atoms with Gasteiger partial charge in [0.05, 0.1) is 0 Å². The Bertz CT molecular complexity index is 900. The lowest BCUT2D eigenvalue weighted by Gasteiger charge is -2.17. The molecular formula is C22H19NO3. The second-order valence-corrected chi connectivity index (χ2v) is 6.14. The minimum absolute atomic E-state index is 0.168. The lowest BCUT2D eigenvalue weighted by Crippen LogP contribution is -2.21. The molecule has 3 aromatic rings. The summed E-state index contributed by atoms with van der Waals surface area (Å²) < 4.78 is 5.56. The molecule has 1 unspecified atom stereocenters. The highest BCUT2D eigenvalue weighted by atomic mass is 16.5. The standard InChI is InChI=1S/C22H19NO3/c1-15-6-10-17(11-7-15)20(24)21(18-12-8-16(2)9-13-18)26-22(25)19-5-3-4-14-23-19/h3-14,21H,1-2H3. The van der Waals surface area contributed by atoms with Gasteiger partial charge in [0.1, 0.15) is 5.69 Å². The van der Waals surface area contributed by atoms with Crippen LogP contribution in [0.1, 0.15) is 43.6 Å². The van der Waals surface area contributed by atoms with Gasteiger partial charge in [0.2, 0.25) is 5.78 Å². The quantitative estimate of drug-likeness (QED) is 0.505. The highest BCUT2D eigenvalue weighted by Gasteiger charge is 2.27. The third kappa shape index (κ3) is 4.03. The summed E-state index contributed by atoms with van der Waals surface area (Å²) in [6.45, 7) is 3.91. The van der Waals surface area contributed by atoms with E-state index in [1.807, 2.05) is 38.1 Å². The normalized spacial score (nSPS) is 11.6. The number of ketones is 1. The number of ether oxygens (including phenoxy) is 1. The van der Waals surface area contributed by atoms with Crippen molar-refractivity contribution in [3.05, 3.63) is 101 Å². The van der Waals surface area contributed by atoms with Crippen LogP contribution >= 0.6 is 0 Å². The van der Waals surface area contributed by atoms with Crippen LogP contribution in [0.15, 0.2) is 72.9 Å². The van der Waals surface area contributed by atoms with Gasteiger partial charge in [-0.3, -0.25) is 4.79 Å². The minimum atomic E-state index is -1.02. The monoisotopic (exact) mass is 345 g/mol. The van der Waals surface area contributed by atoms with E-state index in [1.165, 1.54) is 6.20 Å². The maximum atomic E-state index is 13.0. The molecule has 0 amide bonds. The maximum absolute atomic E-state index is 13.0. The molecule has 26 heavy (non-hydrogen) atoms. The molecule has 4 heteroatoms. The fraction of sp³-hybridized carbons (Fsp3) is 0.136. The van der Waals surface area contributed by atoms with Crippen LogP contribution in [-0.4, -0.2) is 16.7 Å². The van der Waals surface area contributed by atoms with Crippen LogP contribution in [-0.2, 0) is 4.74 Å². The predicted octanol–water partition coefficient (Wildman–Crippen LogP) is 4.48. The first-order chi connectivity index (χ1) is 12.5. The molecule has 0 N–H and O–H groups in total. The number of esters is 1. The highest BCUT2D eigenvalue weighted by molar-refractivity contribution is 6.02. The van der Waals surface area contributed by atoms with Crippen molar-refractivity contribution in [3.8, 4) is 0 Å². The smallest absolute Gasteiger partial charge is 0.357 e. The van der Waals surface area contributed by atoms with E-state index in [1.54, 1.807) is 42.5 Å². The Labute approximate surface area is 152 Å². The van der Waals surface area contributed by atoms with E-state index in [0.717, 1.165) is 11.1 Å². The Morgan fingerprint density at radius 1 is 0.846 bits per heavy atom. The second kappa shape index (κ2) is 7.74. The van der Waals surface area contributed by atoms with Gasteiger partial charge in [0, 0.05) is 17.3 Å². The molecule has 0 fully saturated rings. The van der Waals surface area contributed by atoms with Gasteiger partial charge in [-0.15, -0.1) is 0 Å². The number of benzene rings is 2. The van der Waals surface area contributed by atoms with Crippen LogP contribution in [0.5, 0.6) is 0 Å². The van der Waals surface area contributed by atoms with Gasteiger partial charge in [0.15, 0.2) is 6.10 Å². The Balaban J connectivity index is 1.93. The number of rotatable bonds is 5. The van der Waals surface area contributed by atoms with Crippen LogP contribution < -0.4 is 0 Å². The maximum Gasteiger partial charge on any atom is 0.357 e. The van der Waals surface area contributed by atoms with Crippen LogP contribution in [0.4, 0.5) is 0 Å². The van der Waals surface area contributed by atoms with Crippen molar-refractivity contribution < 1.29 is 14.3 Å². The Morgan fingerprint density at radius 3 is 2.04 bits per heavy atom. The van der Waals surface area contributed by atoms with E-state index in [9.17, 15) is 9.59 Å². The summed E-state index contributed by atoms with van der Waals surface area (Å²) >= 11 is 0. The highest BCUT2D eigenvalue weighted by Crippen LogP contribution is 2.24. The zero-order chi connectivity index (χ0) is 18.5. The average molecular weight is 345 g/mol. The third-order valence-electron chi connectivity index (χ3n) is 4.05. The van der Waals surface area contributed by atoms with Crippen LogP contribution in [0.3, 0.4) is 0 Å². The molecular weight excluding hydrogens is 326 g/mol. The van der Waals surface area contributed by atoms with Gasteiger partial charge < -0.3 is 4.74 Å². The molecule has 0 saturated carbocycles. The van der Waals surface area contributed by atoms with E-state index in [4.69, 9.17) is 4.74 Å². The molecule has 0 saturated heterocycles. The molecule has 1 aromatic heterocycles. The Morgan fingerprint density at radius 2 is 1.46 bits per heavy atom. The minimum Gasteiger partial charge on any atom is -0.444 e. The van der Waals surface area contributed by atoms with Crippen molar-refractivity contribution in [2.45, 2.75) is 20.0 Å². The molecule has 2 aromatic carbocycles. The van der Waals surface area contributed by atoms with Crippen molar-refractivity contribution in [1.29, 1.82) is 0 Å². The van der Waals surface area contributed by atoms with Gasteiger partial charge in [-0.1, -0.05) is 65.7 Å². The number of nitrogens with zero attached hydrogens (tertiary/aromatic N) is 1. The Hall–Kier alpha value is -3.27. The first-order valence-electron chi connectivity index (χ1n) is 8.34. The van der Waals surface area contributed by atoms with Crippen LogP contribution in [0.25, 0.3) is 0 Å². The fourth-order valence-corrected chi connectivity index (χ4v) is 2.53. The van der Waals surface area contributed by atoms with Gasteiger partial charge in [-0.2, -0.15) is 0 Å².